The number of carbonyl (C=O) groups excluding carboxylic acids is 1. The maximum absolute atomic E-state index is 11.9. The molecule has 0 saturated carbocycles. The second kappa shape index (κ2) is 5.19. The zero-order chi connectivity index (χ0) is 12.4. The van der Waals surface area contributed by atoms with Crippen molar-refractivity contribution in [3.8, 4) is 5.75 Å². The molecule has 92 valence electrons. The Bertz CT molecular complexity index is 439. The Morgan fingerprint density at radius 3 is 2.94 bits per heavy atom. The zero-order valence-electron chi connectivity index (χ0n) is 9.52. The van der Waals surface area contributed by atoms with Gasteiger partial charge in [0.05, 0.1) is 12.8 Å². The smallest absolute Gasteiger partial charge is 0.227 e. The zero-order valence-corrected chi connectivity index (χ0v) is 11.2. The van der Waals surface area contributed by atoms with Gasteiger partial charge >= 0.3 is 0 Å². The lowest BCUT2D eigenvalue weighted by atomic mass is 10.1. The number of methoxy groups -OCH3 is 1. The Kier molecular flexibility index (Phi) is 3.84. The third-order valence-corrected chi connectivity index (χ3v) is 3.65. The van der Waals surface area contributed by atoms with Gasteiger partial charge in [0.2, 0.25) is 5.91 Å². The first-order valence-electron chi connectivity index (χ1n) is 5.40. The van der Waals surface area contributed by atoms with Crippen molar-refractivity contribution < 1.29 is 9.53 Å². The molecule has 1 atom stereocenters. The van der Waals surface area contributed by atoms with Gasteiger partial charge in [0, 0.05) is 24.1 Å². The van der Waals surface area contributed by atoms with Gasteiger partial charge in [-0.3, -0.25) is 4.79 Å². The molecule has 1 aromatic rings. The summed E-state index contributed by atoms with van der Waals surface area (Å²) in [5.41, 5.74) is 0.784. The molecule has 0 spiro atoms. The Morgan fingerprint density at radius 1 is 1.59 bits per heavy atom. The van der Waals surface area contributed by atoms with Crippen molar-refractivity contribution in [3.63, 3.8) is 0 Å². The van der Waals surface area contributed by atoms with Crippen LogP contribution in [0.3, 0.4) is 0 Å². The number of rotatable bonds is 3. The lowest BCUT2D eigenvalue weighted by Crippen LogP contribution is -2.25. The monoisotopic (exact) mass is 271 g/mol. The fraction of sp³-hybridized carbons (Fsp3) is 0.417. The molecule has 17 heavy (non-hydrogen) atoms. The van der Waals surface area contributed by atoms with E-state index in [0.29, 0.717) is 29.7 Å². The molecule has 0 radical (unpaired) electrons. The molecule has 1 unspecified atom stereocenters. The number of amides is 1. The molecule has 0 aliphatic carbocycles. The predicted molar refractivity (Wildman–Crippen MR) is 72.3 cm³/mol. The van der Waals surface area contributed by atoms with Crippen molar-refractivity contribution in [3.05, 3.63) is 23.2 Å². The van der Waals surface area contributed by atoms with Gasteiger partial charge in [-0.05, 0) is 23.8 Å². The van der Waals surface area contributed by atoms with Crippen LogP contribution in [0.4, 0.5) is 5.69 Å². The maximum atomic E-state index is 11.9. The third-order valence-electron chi connectivity index (χ3n) is 2.90. The Balaban J connectivity index is 2.31. The second-order valence-corrected chi connectivity index (χ2v) is 4.87. The second-order valence-electron chi connectivity index (χ2n) is 4.07. The van der Waals surface area contributed by atoms with Gasteiger partial charge in [-0.15, -0.1) is 0 Å². The van der Waals surface area contributed by atoms with Gasteiger partial charge in [-0.25, -0.2) is 0 Å². The van der Waals surface area contributed by atoms with Crippen LogP contribution in [0.2, 0.25) is 5.02 Å². The van der Waals surface area contributed by atoms with Gasteiger partial charge < -0.3 is 9.64 Å². The van der Waals surface area contributed by atoms with Crippen molar-refractivity contribution in [2.45, 2.75) is 6.42 Å². The minimum Gasteiger partial charge on any atom is -0.495 e. The van der Waals surface area contributed by atoms with E-state index in [1.54, 1.807) is 24.1 Å². The summed E-state index contributed by atoms with van der Waals surface area (Å²) in [5, 5.41) is 0.600. The molecular formula is C12H14ClNO2S. The maximum Gasteiger partial charge on any atom is 0.227 e. The van der Waals surface area contributed by atoms with Crippen LogP contribution in [0, 0.1) is 5.92 Å². The minimum atomic E-state index is 0.115. The predicted octanol–water partition coefficient (Wildman–Crippen LogP) is 2.63. The largest absolute Gasteiger partial charge is 0.495 e. The number of ether oxygens (including phenoxy) is 1. The number of anilines is 1. The van der Waals surface area contributed by atoms with E-state index in [-0.39, 0.29) is 5.91 Å². The molecule has 0 N–H and O–H groups in total. The lowest BCUT2D eigenvalue weighted by Gasteiger charge is -2.19. The Labute approximate surface area is 111 Å². The summed E-state index contributed by atoms with van der Waals surface area (Å²) in [7, 11) is 1.58. The molecule has 5 heteroatoms. The van der Waals surface area contributed by atoms with E-state index in [2.05, 4.69) is 12.6 Å². The highest BCUT2D eigenvalue weighted by Gasteiger charge is 2.31. The first kappa shape index (κ1) is 12.6. The van der Waals surface area contributed by atoms with E-state index in [4.69, 9.17) is 16.3 Å². The summed E-state index contributed by atoms with van der Waals surface area (Å²) in [5.74, 6) is 1.78. The molecule has 1 aliphatic heterocycles. The van der Waals surface area contributed by atoms with Crippen molar-refractivity contribution in [2.75, 3.05) is 24.3 Å². The van der Waals surface area contributed by atoms with Crippen molar-refractivity contribution >= 4 is 35.8 Å². The van der Waals surface area contributed by atoms with Gasteiger partial charge in [0.25, 0.3) is 0 Å². The average molecular weight is 272 g/mol. The SMILES string of the molecule is COc1cc(Cl)ccc1N1CC(CS)CC1=O. The van der Waals surface area contributed by atoms with Crippen LogP contribution in [0.5, 0.6) is 5.75 Å². The van der Waals surface area contributed by atoms with E-state index >= 15 is 0 Å². The number of benzene rings is 1. The molecule has 1 fully saturated rings. The molecular weight excluding hydrogens is 258 g/mol. The molecule has 3 nitrogen and oxygen atoms in total. The molecule has 1 heterocycles. The van der Waals surface area contributed by atoms with E-state index in [9.17, 15) is 4.79 Å². The Morgan fingerprint density at radius 2 is 2.35 bits per heavy atom. The normalized spacial score (nSPS) is 19.8. The molecule has 2 rings (SSSR count). The summed E-state index contributed by atoms with van der Waals surface area (Å²) in [6, 6.07) is 5.30. The van der Waals surface area contributed by atoms with E-state index in [1.807, 2.05) is 6.07 Å². The van der Waals surface area contributed by atoms with E-state index in [0.717, 1.165) is 11.4 Å². The van der Waals surface area contributed by atoms with Crippen LogP contribution >= 0.6 is 24.2 Å². The van der Waals surface area contributed by atoms with Gasteiger partial charge in [0.1, 0.15) is 5.75 Å². The number of hydrogen-bond donors (Lipinski definition) is 1. The number of thiol groups is 1. The fourth-order valence-electron chi connectivity index (χ4n) is 2.01. The van der Waals surface area contributed by atoms with Gasteiger partial charge in [0.15, 0.2) is 0 Å². The number of nitrogens with zero attached hydrogens (tertiary/aromatic N) is 1. The lowest BCUT2D eigenvalue weighted by molar-refractivity contribution is -0.117. The third kappa shape index (κ3) is 2.53. The molecule has 0 aromatic heterocycles. The van der Waals surface area contributed by atoms with Crippen LogP contribution in [0.1, 0.15) is 6.42 Å². The summed E-state index contributed by atoms with van der Waals surface area (Å²) in [4.78, 5) is 13.6. The van der Waals surface area contributed by atoms with Crippen molar-refractivity contribution in [2.24, 2.45) is 5.92 Å². The summed E-state index contributed by atoms with van der Waals surface area (Å²) >= 11 is 10.1. The van der Waals surface area contributed by atoms with Crippen LogP contribution in [-0.4, -0.2) is 25.3 Å². The number of carbonyl (C=O) groups is 1. The minimum absolute atomic E-state index is 0.115. The highest BCUT2D eigenvalue weighted by Crippen LogP contribution is 2.35. The van der Waals surface area contributed by atoms with Crippen LogP contribution in [0.15, 0.2) is 18.2 Å². The standard InChI is InChI=1S/C12H14ClNO2S/c1-16-11-5-9(13)2-3-10(11)14-6-8(7-17)4-12(14)15/h2-3,5,8,17H,4,6-7H2,1H3. The first-order chi connectivity index (χ1) is 8.15. The number of hydrogen-bond acceptors (Lipinski definition) is 3. The molecule has 1 amide bonds. The van der Waals surface area contributed by atoms with Crippen LogP contribution < -0.4 is 9.64 Å². The summed E-state index contributed by atoms with van der Waals surface area (Å²) in [6.45, 7) is 0.695. The van der Waals surface area contributed by atoms with Crippen LogP contribution in [-0.2, 0) is 4.79 Å². The first-order valence-corrected chi connectivity index (χ1v) is 6.41. The van der Waals surface area contributed by atoms with Crippen molar-refractivity contribution in [1.82, 2.24) is 0 Å². The Hall–Kier alpha value is -0.870. The van der Waals surface area contributed by atoms with Crippen LogP contribution in [0.25, 0.3) is 0 Å². The van der Waals surface area contributed by atoms with Crippen molar-refractivity contribution in [1.29, 1.82) is 0 Å². The highest BCUT2D eigenvalue weighted by atomic mass is 35.5. The highest BCUT2D eigenvalue weighted by molar-refractivity contribution is 7.80. The van der Waals surface area contributed by atoms with Gasteiger partial charge in [-0.1, -0.05) is 11.6 Å². The quantitative estimate of drug-likeness (QED) is 0.857. The van der Waals surface area contributed by atoms with Gasteiger partial charge in [-0.2, -0.15) is 12.6 Å². The molecule has 1 saturated heterocycles. The van der Waals surface area contributed by atoms with E-state index < -0.39 is 0 Å². The molecule has 1 aromatic carbocycles. The summed E-state index contributed by atoms with van der Waals surface area (Å²) < 4.78 is 5.26. The topological polar surface area (TPSA) is 29.5 Å². The average Bonchev–Trinajstić information content (AvgIpc) is 2.70. The number of halogens is 1. The fourth-order valence-corrected chi connectivity index (χ4v) is 2.42. The van der Waals surface area contributed by atoms with E-state index in [1.165, 1.54) is 0 Å². The molecule has 0 bridgehead atoms. The molecule has 1 aliphatic rings. The summed E-state index contributed by atoms with van der Waals surface area (Å²) in [6.07, 6.45) is 0.551.